The average molecular weight is 478 g/mol. The van der Waals surface area contributed by atoms with Crippen molar-refractivity contribution in [2.45, 2.75) is 52.6 Å². The molecule has 0 bridgehead atoms. The molecule has 0 aromatic carbocycles. The fourth-order valence-electron chi connectivity index (χ4n) is 2.35. The van der Waals surface area contributed by atoms with Gasteiger partial charge in [0, 0.05) is 39.0 Å². The molecule has 150 valence electrons. The first-order valence-electron chi connectivity index (χ1n) is 9.09. The number of ether oxygens (including phenoxy) is 2. The maximum absolute atomic E-state index is 5.46. The van der Waals surface area contributed by atoms with Gasteiger partial charge in [0.25, 0.3) is 0 Å². The molecular formula is C19H35IN4O2. The predicted molar refractivity (Wildman–Crippen MR) is 119 cm³/mol. The van der Waals surface area contributed by atoms with Gasteiger partial charge in [-0.3, -0.25) is 4.99 Å². The van der Waals surface area contributed by atoms with Gasteiger partial charge in [-0.25, -0.2) is 4.98 Å². The van der Waals surface area contributed by atoms with Crippen molar-refractivity contribution >= 4 is 29.9 Å². The quantitative estimate of drug-likeness (QED) is 0.220. The normalized spacial score (nSPS) is 12.5. The first-order valence-corrected chi connectivity index (χ1v) is 9.09. The molecule has 1 aromatic rings. The fourth-order valence-corrected chi connectivity index (χ4v) is 2.35. The second-order valence-electron chi connectivity index (χ2n) is 6.64. The van der Waals surface area contributed by atoms with Gasteiger partial charge in [-0.1, -0.05) is 32.8 Å². The Morgan fingerprint density at radius 1 is 1.19 bits per heavy atom. The Morgan fingerprint density at radius 2 is 1.96 bits per heavy atom. The lowest BCUT2D eigenvalue weighted by Gasteiger charge is -2.18. The number of aliphatic imine (C=N–C) groups is 1. The van der Waals surface area contributed by atoms with Gasteiger partial charge >= 0.3 is 0 Å². The third kappa shape index (κ3) is 11.5. The van der Waals surface area contributed by atoms with E-state index >= 15 is 0 Å². The number of hydrogen-bond acceptors (Lipinski definition) is 4. The van der Waals surface area contributed by atoms with Gasteiger partial charge in [-0.2, -0.15) is 0 Å². The van der Waals surface area contributed by atoms with Crippen molar-refractivity contribution in [3.8, 4) is 5.88 Å². The van der Waals surface area contributed by atoms with Crippen LogP contribution in [0.25, 0.3) is 0 Å². The average Bonchev–Trinajstić information content (AvgIpc) is 2.59. The lowest BCUT2D eigenvalue weighted by molar-refractivity contribution is 0.143. The van der Waals surface area contributed by atoms with Crippen LogP contribution < -0.4 is 15.4 Å². The molecular weight excluding hydrogens is 443 g/mol. The number of nitrogens with zero attached hydrogens (tertiary/aromatic N) is 2. The number of aromatic nitrogens is 1. The van der Waals surface area contributed by atoms with E-state index in [4.69, 9.17) is 9.47 Å². The molecule has 2 N–H and O–H groups in total. The van der Waals surface area contributed by atoms with Crippen molar-refractivity contribution in [1.82, 2.24) is 15.6 Å². The van der Waals surface area contributed by atoms with Crippen LogP contribution in [0.2, 0.25) is 0 Å². The van der Waals surface area contributed by atoms with Crippen LogP contribution in [0.4, 0.5) is 0 Å². The molecule has 0 spiro atoms. The van der Waals surface area contributed by atoms with E-state index in [1.807, 2.05) is 18.3 Å². The summed E-state index contributed by atoms with van der Waals surface area (Å²) >= 11 is 0. The van der Waals surface area contributed by atoms with Gasteiger partial charge in [0.05, 0.1) is 6.61 Å². The van der Waals surface area contributed by atoms with Gasteiger partial charge < -0.3 is 20.1 Å². The molecule has 0 aliphatic heterocycles. The highest BCUT2D eigenvalue weighted by Crippen LogP contribution is 2.09. The SMILES string of the molecule is CN=C(NCc1ccc(OCCOC)nc1)NC(C)CCCC(C)C.I. The molecule has 1 unspecified atom stereocenters. The first kappa shape index (κ1) is 24.9. The maximum Gasteiger partial charge on any atom is 0.213 e. The maximum atomic E-state index is 5.46. The van der Waals surface area contributed by atoms with Crippen LogP contribution in [-0.2, 0) is 11.3 Å². The second-order valence-corrected chi connectivity index (χ2v) is 6.64. The highest BCUT2D eigenvalue weighted by atomic mass is 127. The van der Waals surface area contributed by atoms with Crippen molar-refractivity contribution < 1.29 is 9.47 Å². The molecule has 0 aliphatic rings. The zero-order chi connectivity index (χ0) is 18.5. The van der Waals surface area contributed by atoms with E-state index in [0.29, 0.717) is 31.7 Å². The van der Waals surface area contributed by atoms with Crippen LogP contribution in [0, 0.1) is 5.92 Å². The van der Waals surface area contributed by atoms with Crippen molar-refractivity contribution in [2.75, 3.05) is 27.4 Å². The topological polar surface area (TPSA) is 67.8 Å². The predicted octanol–water partition coefficient (Wildman–Crippen LogP) is 3.60. The molecule has 0 amide bonds. The summed E-state index contributed by atoms with van der Waals surface area (Å²) in [5.41, 5.74) is 1.08. The molecule has 1 atom stereocenters. The van der Waals surface area contributed by atoms with Gasteiger partial charge in [-0.05, 0) is 24.8 Å². The van der Waals surface area contributed by atoms with E-state index in [-0.39, 0.29) is 24.0 Å². The zero-order valence-corrected chi connectivity index (χ0v) is 19.1. The largest absolute Gasteiger partial charge is 0.475 e. The van der Waals surface area contributed by atoms with Crippen molar-refractivity contribution in [3.05, 3.63) is 23.9 Å². The number of guanidine groups is 1. The van der Waals surface area contributed by atoms with Crippen LogP contribution >= 0.6 is 24.0 Å². The Kier molecular flexibility index (Phi) is 14.4. The summed E-state index contributed by atoms with van der Waals surface area (Å²) in [6.07, 6.45) is 5.46. The third-order valence-electron chi connectivity index (χ3n) is 3.82. The lowest BCUT2D eigenvalue weighted by Crippen LogP contribution is -2.41. The van der Waals surface area contributed by atoms with Gasteiger partial charge in [0.15, 0.2) is 5.96 Å². The smallest absolute Gasteiger partial charge is 0.213 e. The zero-order valence-electron chi connectivity index (χ0n) is 16.7. The molecule has 26 heavy (non-hydrogen) atoms. The van der Waals surface area contributed by atoms with Crippen LogP contribution in [0.5, 0.6) is 5.88 Å². The van der Waals surface area contributed by atoms with E-state index in [1.165, 1.54) is 12.8 Å². The van der Waals surface area contributed by atoms with Crippen LogP contribution in [0.15, 0.2) is 23.3 Å². The van der Waals surface area contributed by atoms with E-state index in [2.05, 4.69) is 41.4 Å². The van der Waals surface area contributed by atoms with E-state index in [1.54, 1.807) is 14.2 Å². The third-order valence-corrected chi connectivity index (χ3v) is 3.82. The number of pyridine rings is 1. The molecule has 6 nitrogen and oxygen atoms in total. The van der Waals surface area contributed by atoms with E-state index in [9.17, 15) is 0 Å². The highest BCUT2D eigenvalue weighted by Gasteiger charge is 2.06. The first-order chi connectivity index (χ1) is 12.0. The number of halogens is 1. The Hall–Kier alpha value is -1.09. The number of nitrogens with one attached hydrogen (secondary N) is 2. The molecule has 0 saturated carbocycles. The molecule has 0 radical (unpaired) electrons. The molecule has 7 heteroatoms. The monoisotopic (exact) mass is 478 g/mol. The molecule has 0 fully saturated rings. The van der Waals surface area contributed by atoms with Gasteiger partial charge in [0.2, 0.25) is 5.88 Å². The fraction of sp³-hybridized carbons (Fsp3) is 0.684. The van der Waals surface area contributed by atoms with Gasteiger partial charge in [-0.15, -0.1) is 24.0 Å². The number of methoxy groups -OCH3 is 1. The number of rotatable bonds is 11. The van der Waals surface area contributed by atoms with Crippen LogP contribution in [-0.4, -0.2) is 44.4 Å². The van der Waals surface area contributed by atoms with Gasteiger partial charge in [0.1, 0.15) is 6.61 Å². The minimum atomic E-state index is 0. The molecule has 1 rings (SSSR count). The van der Waals surface area contributed by atoms with Crippen molar-refractivity contribution in [3.63, 3.8) is 0 Å². The van der Waals surface area contributed by atoms with E-state index < -0.39 is 0 Å². The standard InChI is InChI=1S/C19H34N4O2.HI/c1-15(2)7-6-8-16(3)23-19(20-4)22-14-17-9-10-18(21-13-17)25-12-11-24-5;/h9-10,13,15-16H,6-8,11-12,14H2,1-5H3,(H2,20,22,23);1H. The summed E-state index contributed by atoms with van der Waals surface area (Å²) in [7, 11) is 3.44. The highest BCUT2D eigenvalue weighted by molar-refractivity contribution is 14.0. The second kappa shape index (κ2) is 15.0. The summed E-state index contributed by atoms with van der Waals surface area (Å²) in [5, 5.41) is 6.76. The minimum Gasteiger partial charge on any atom is -0.475 e. The summed E-state index contributed by atoms with van der Waals surface area (Å²) in [5.74, 6) is 2.19. The van der Waals surface area contributed by atoms with Crippen molar-refractivity contribution in [1.29, 1.82) is 0 Å². The minimum absolute atomic E-state index is 0. The van der Waals surface area contributed by atoms with Crippen molar-refractivity contribution in [2.24, 2.45) is 10.9 Å². The number of hydrogen-bond donors (Lipinski definition) is 2. The molecule has 1 heterocycles. The van der Waals surface area contributed by atoms with Crippen LogP contribution in [0.3, 0.4) is 0 Å². The summed E-state index contributed by atoms with van der Waals surface area (Å²) < 4.78 is 10.4. The summed E-state index contributed by atoms with van der Waals surface area (Å²) in [4.78, 5) is 8.58. The lowest BCUT2D eigenvalue weighted by atomic mass is 10.0. The Morgan fingerprint density at radius 3 is 2.54 bits per heavy atom. The molecule has 0 saturated heterocycles. The summed E-state index contributed by atoms with van der Waals surface area (Å²) in [6.45, 7) is 8.46. The van der Waals surface area contributed by atoms with Crippen LogP contribution in [0.1, 0.15) is 45.6 Å². The summed E-state index contributed by atoms with van der Waals surface area (Å²) in [6, 6.07) is 4.28. The Balaban J connectivity index is 0.00000625. The van der Waals surface area contributed by atoms with E-state index in [0.717, 1.165) is 23.9 Å². The Labute approximate surface area is 175 Å². The Bertz CT molecular complexity index is 495. The molecule has 0 aliphatic carbocycles. The molecule has 1 aromatic heterocycles.